The van der Waals surface area contributed by atoms with Gasteiger partial charge in [-0.25, -0.2) is 0 Å². The van der Waals surface area contributed by atoms with E-state index in [0.717, 1.165) is 6.54 Å². The van der Waals surface area contributed by atoms with Crippen LogP contribution in [0.1, 0.15) is 64.4 Å². The molecule has 1 saturated carbocycles. The average Bonchev–Trinajstić information content (AvgIpc) is 2.90. The number of carbonyl (C=O) groups excluding carboxylic acids is 2. The van der Waals surface area contributed by atoms with E-state index in [1.807, 2.05) is 6.92 Å². The number of alkyl halides is 3. The number of ether oxygens (including phenoxy) is 1. The third kappa shape index (κ3) is 9.15. The van der Waals surface area contributed by atoms with Crippen molar-refractivity contribution in [3.05, 3.63) is 23.8 Å². The summed E-state index contributed by atoms with van der Waals surface area (Å²) in [4.78, 5) is 29.4. The Balaban J connectivity index is 1.81. The molecular formula is C28H42F3N3O4. The van der Waals surface area contributed by atoms with Crippen molar-refractivity contribution in [1.82, 2.24) is 9.80 Å². The van der Waals surface area contributed by atoms with E-state index in [4.69, 9.17) is 4.74 Å². The van der Waals surface area contributed by atoms with E-state index in [1.165, 1.54) is 32.1 Å². The third-order valence-corrected chi connectivity index (χ3v) is 7.62. The maximum atomic E-state index is 13.3. The van der Waals surface area contributed by atoms with Crippen molar-refractivity contribution in [3.8, 4) is 5.75 Å². The van der Waals surface area contributed by atoms with Crippen molar-refractivity contribution >= 4 is 17.5 Å². The van der Waals surface area contributed by atoms with Gasteiger partial charge in [0, 0.05) is 43.2 Å². The number of halogens is 3. The maximum Gasteiger partial charge on any atom is 0.389 e. The van der Waals surface area contributed by atoms with Gasteiger partial charge >= 0.3 is 6.18 Å². The molecule has 38 heavy (non-hydrogen) atoms. The summed E-state index contributed by atoms with van der Waals surface area (Å²) in [5.41, 5.74) is 0.861. The lowest BCUT2D eigenvalue weighted by molar-refractivity contribution is -0.142. The van der Waals surface area contributed by atoms with Crippen molar-refractivity contribution in [1.29, 1.82) is 0 Å². The van der Waals surface area contributed by atoms with Crippen LogP contribution in [-0.2, 0) is 16.0 Å². The average molecular weight is 542 g/mol. The van der Waals surface area contributed by atoms with Crippen LogP contribution in [-0.4, -0.2) is 78.3 Å². The number of carbonyl (C=O) groups is 2. The minimum absolute atomic E-state index is 0.0106. The Hall–Kier alpha value is -2.33. The van der Waals surface area contributed by atoms with Crippen LogP contribution < -0.4 is 10.1 Å². The number of anilines is 1. The summed E-state index contributed by atoms with van der Waals surface area (Å²) in [5.74, 6) is 0.246. The first kappa shape index (κ1) is 30.2. The number of hydrogen-bond donors (Lipinski definition) is 2. The molecule has 0 bridgehead atoms. The third-order valence-electron chi connectivity index (χ3n) is 7.62. The molecule has 3 atom stereocenters. The molecule has 0 saturated heterocycles. The van der Waals surface area contributed by atoms with Crippen molar-refractivity contribution < 1.29 is 32.6 Å². The van der Waals surface area contributed by atoms with Gasteiger partial charge in [0.1, 0.15) is 11.9 Å². The van der Waals surface area contributed by atoms with E-state index in [9.17, 15) is 27.9 Å². The molecule has 3 rings (SSSR count). The van der Waals surface area contributed by atoms with Crippen molar-refractivity contribution in [2.45, 2.75) is 83.5 Å². The second-order valence-corrected chi connectivity index (χ2v) is 11.1. The SMILES string of the molecule is C[C@H](CO)N1C[C@H](C)[C@@H](CN(C)CC2CCCCC2)Oc2ccc(NC(=O)CCC(F)(F)F)cc2CC1=O. The first-order chi connectivity index (χ1) is 17.9. The molecule has 2 amide bonds. The quantitative estimate of drug-likeness (QED) is 0.477. The summed E-state index contributed by atoms with van der Waals surface area (Å²) >= 11 is 0. The molecule has 1 heterocycles. The van der Waals surface area contributed by atoms with Gasteiger partial charge in [0.15, 0.2) is 0 Å². The number of rotatable bonds is 9. The molecule has 2 N–H and O–H groups in total. The molecule has 1 aliphatic heterocycles. The van der Waals surface area contributed by atoms with Crippen molar-refractivity contribution in [2.75, 3.05) is 38.6 Å². The lowest BCUT2D eigenvalue weighted by Crippen LogP contribution is -2.48. The van der Waals surface area contributed by atoms with E-state index < -0.39 is 24.9 Å². The number of likely N-dealkylation sites (N-methyl/N-ethyl adjacent to an activating group) is 1. The van der Waals surface area contributed by atoms with E-state index in [1.54, 1.807) is 30.0 Å². The minimum Gasteiger partial charge on any atom is -0.488 e. The number of benzene rings is 1. The predicted octanol–water partition coefficient (Wildman–Crippen LogP) is 4.63. The predicted molar refractivity (Wildman–Crippen MR) is 140 cm³/mol. The first-order valence-electron chi connectivity index (χ1n) is 13.7. The fourth-order valence-corrected chi connectivity index (χ4v) is 5.40. The summed E-state index contributed by atoms with van der Waals surface area (Å²) in [5, 5.41) is 12.3. The normalized spacial score (nSPS) is 22.2. The summed E-state index contributed by atoms with van der Waals surface area (Å²) < 4.78 is 44.0. The molecule has 0 spiro atoms. The number of hydrogen-bond acceptors (Lipinski definition) is 5. The Labute approximate surface area is 223 Å². The van der Waals surface area contributed by atoms with Gasteiger partial charge in [-0.2, -0.15) is 13.2 Å². The first-order valence-corrected chi connectivity index (χ1v) is 13.7. The van der Waals surface area contributed by atoms with Gasteiger partial charge in [-0.3, -0.25) is 9.59 Å². The summed E-state index contributed by atoms with van der Waals surface area (Å²) in [6.45, 7) is 5.75. The molecule has 2 aliphatic rings. The van der Waals surface area contributed by atoms with Crippen molar-refractivity contribution in [2.24, 2.45) is 11.8 Å². The van der Waals surface area contributed by atoms with Gasteiger partial charge < -0.3 is 25.0 Å². The monoisotopic (exact) mass is 541 g/mol. The van der Waals surface area contributed by atoms with Gasteiger partial charge in [0.25, 0.3) is 0 Å². The van der Waals surface area contributed by atoms with Gasteiger partial charge in [-0.05, 0) is 50.9 Å². The van der Waals surface area contributed by atoms with Crippen LogP contribution in [0.5, 0.6) is 5.75 Å². The van der Waals surface area contributed by atoms with Crippen LogP contribution in [0.2, 0.25) is 0 Å². The second-order valence-electron chi connectivity index (χ2n) is 11.1. The molecule has 10 heteroatoms. The fraction of sp³-hybridized carbons (Fsp3) is 0.714. The Morgan fingerprint density at radius 3 is 2.61 bits per heavy atom. The highest BCUT2D eigenvalue weighted by molar-refractivity contribution is 5.91. The largest absolute Gasteiger partial charge is 0.488 e. The molecule has 0 radical (unpaired) electrons. The number of amides is 2. The number of nitrogens with zero attached hydrogens (tertiary/aromatic N) is 2. The zero-order chi connectivity index (χ0) is 27.9. The highest BCUT2D eigenvalue weighted by Crippen LogP contribution is 2.30. The smallest absolute Gasteiger partial charge is 0.389 e. The molecule has 1 aromatic carbocycles. The van der Waals surface area contributed by atoms with Crippen LogP contribution in [0.15, 0.2) is 18.2 Å². The fourth-order valence-electron chi connectivity index (χ4n) is 5.40. The standard InChI is InChI=1S/C28H42F3N3O4/c1-19-15-34(20(2)18-35)27(37)14-22-13-23(32-26(36)11-12-28(29,30)31)9-10-24(22)38-25(19)17-33(3)16-21-7-5-4-6-8-21/h9-10,13,19-21,25,35H,4-8,11-12,14-18H2,1-3H3,(H,32,36)/t19-,20+,25+/m0/s1. The molecular weight excluding hydrogens is 499 g/mol. The molecule has 214 valence electrons. The number of aliphatic hydroxyl groups is 1. The second kappa shape index (κ2) is 13.6. The van der Waals surface area contributed by atoms with Gasteiger partial charge in [0.2, 0.25) is 11.8 Å². The summed E-state index contributed by atoms with van der Waals surface area (Å²) in [7, 11) is 2.09. The summed E-state index contributed by atoms with van der Waals surface area (Å²) in [6.07, 6.45) is -0.206. The van der Waals surface area contributed by atoms with Crippen molar-refractivity contribution in [3.63, 3.8) is 0 Å². The highest BCUT2D eigenvalue weighted by atomic mass is 19.4. The zero-order valence-electron chi connectivity index (χ0n) is 22.7. The Morgan fingerprint density at radius 2 is 1.95 bits per heavy atom. The number of aliphatic hydroxyl groups excluding tert-OH is 1. The zero-order valence-corrected chi connectivity index (χ0v) is 22.7. The summed E-state index contributed by atoms with van der Waals surface area (Å²) in [6, 6.07) is 4.49. The molecule has 7 nitrogen and oxygen atoms in total. The Kier molecular flexibility index (Phi) is 10.8. The highest BCUT2D eigenvalue weighted by Gasteiger charge is 2.32. The molecule has 0 aromatic heterocycles. The Morgan fingerprint density at radius 1 is 1.24 bits per heavy atom. The number of fused-ring (bicyclic) bond motifs is 1. The molecule has 1 fully saturated rings. The molecule has 0 unspecified atom stereocenters. The van der Waals surface area contributed by atoms with Gasteiger partial charge in [0.05, 0.1) is 25.5 Å². The minimum atomic E-state index is -4.41. The van der Waals surface area contributed by atoms with Crippen LogP contribution in [0.25, 0.3) is 0 Å². The van der Waals surface area contributed by atoms with Crippen LogP contribution in [0.4, 0.5) is 18.9 Å². The van der Waals surface area contributed by atoms with E-state index in [0.29, 0.717) is 36.0 Å². The molecule has 1 aliphatic carbocycles. The van der Waals surface area contributed by atoms with Crippen LogP contribution >= 0.6 is 0 Å². The lowest BCUT2D eigenvalue weighted by atomic mass is 9.89. The van der Waals surface area contributed by atoms with E-state index in [-0.39, 0.29) is 37.0 Å². The van der Waals surface area contributed by atoms with E-state index in [2.05, 4.69) is 17.3 Å². The topological polar surface area (TPSA) is 82.1 Å². The van der Waals surface area contributed by atoms with Gasteiger partial charge in [-0.1, -0.05) is 26.2 Å². The van der Waals surface area contributed by atoms with Crippen LogP contribution in [0.3, 0.4) is 0 Å². The molecule has 1 aromatic rings. The number of nitrogens with one attached hydrogen (secondary N) is 1. The maximum absolute atomic E-state index is 13.3. The van der Waals surface area contributed by atoms with Gasteiger partial charge in [-0.15, -0.1) is 0 Å². The van der Waals surface area contributed by atoms with Crippen LogP contribution in [0, 0.1) is 11.8 Å². The lowest BCUT2D eigenvalue weighted by Gasteiger charge is -2.35. The van der Waals surface area contributed by atoms with E-state index >= 15 is 0 Å². The Bertz CT molecular complexity index is 936.